The Labute approximate surface area is 266 Å². The van der Waals surface area contributed by atoms with Gasteiger partial charge in [-0.15, -0.1) is 0 Å². The number of carbonyl (C=O) groups excluding carboxylic acids is 3. The van der Waals surface area contributed by atoms with Crippen LogP contribution in [0.4, 0.5) is 4.79 Å². The van der Waals surface area contributed by atoms with Crippen molar-refractivity contribution in [1.29, 1.82) is 0 Å². The number of carbonyl (C=O) groups is 3. The van der Waals surface area contributed by atoms with Crippen LogP contribution in [-0.4, -0.2) is 35.8 Å². The highest BCUT2D eigenvalue weighted by atomic mass is 16.6. The average molecular weight is 616 g/mol. The van der Waals surface area contributed by atoms with Crippen LogP contribution in [0.25, 0.3) is 0 Å². The molecule has 3 aromatic rings. The SMILES string of the molecule is CCCCC/C=C/C(Cc1ccc(OC(C(=O)OCc2ccccc2)C(=O)OCc2ccccc2)cc1)NC(=O)OC(C)(C)C. The van der Waals surface area contributed by atoms with Crippen LogP contribution in [0.15, 0.2) is 97.1 Å². The topological polar surface area (TPSA) is 100 Å². The summed E-state index contributed by atoms with van der Waals surface area (Å²) in [6.07, 6.45) is 6.77. The summed E-state index contributed by atoms with van der Waals surface area (Å²) in [5.74, 6) is -1.41. The normalized spacial score (nSPS) is 12.0. The van der Waals surface area contributed by atoms with Crippen LogP contribution in [0, 0.1) is 0 Å². The highest BCUT2D eigenvalue weighted by Gasteiger charge is 2.32. The van der Waals surface area contributed by atoms with Crippen LogP contribution in [0.1, 0.15) is 70.1 Å². The van der Waals surface area contributed by atoms with Gasteiger partial charge >= 0.3 is 18.0 Å². The number of ether oxygens (including phenoxy) is 4. The molecule has 1 amide bonds. The van der Waals surface area contributed by atoms with Gasteiger partial charge in [-0.05, 0) is 68.9 Å². The van der Waals surface area contributed by atoms with Gasteiger partial charge in [0.05, 0.1) is 6.04 Å². The minimum absolute atomic E-state index is 0.0115. The van der Waals surface area contributed by atoms with Crippen molar-refractivity contribution in [3.05, 3.63) is 114 Å². The third-order valence-corrected chi connectivity index (χ3v) is 6.55. The fourth-order valence-electron chi connectivity index (χ4n) is 4.29. The molecule has 3 rings (SSSR count). The smallest absolute Gasteiger partial charge is 0.408 e. The molecule has 1 N–H and O–H groups in total. The lowest BCUT2D eigenvalue weighted by atomic mass is 10.0. The Kier molecular flexibility index (Phi) is 14.2. The monoisotopic (exact) mass is 615 g/mol. The van der Waals surface area contributed by atoms with E-state index in [0.717, 1.165) is 42.4 Å². The first-order chi connectivity index (χ1) is 21.6. The van der Waals surface area contributed by atoms with Gasteiger partial charge < -0.3 is 24.3 Å². The molecule has 0 aliphatic carbocycles. The summed E-state index contributed by atoms with van der Waals surface area (Å²) in [5, 5.41) is 2.94. The zero-order valence-electron chi connectivity index (χ0n) is 26.7. The first-order valence-electron chi connectivity index (χ1n) is 15.5. The van der Waals surface area contributed by atoms with Gasteiger partial charge in [0, 0.05) is 0 Å². The molecular formula is C37H45NO7. The van der Waals surface area contributed by atoms with Gasteiger partial charge in [0.25, 0.3) is 6.10 Å². The zero-order chi connectivity index (χ0) is 32.5. The van der Waals surface area contributed by atoms with Gasteiger partial charge in [-0.3, -0.25) is 0 Å². The number of unbranched alkanes of at least 4 members (excludes halogenated alkanes) is 3. The number of esters is 2. The molecular weight excluding hydrogens is 570 g/mol. The Morgan fingerprint density at radius 3 is 1.82 bits per heavy atom. The van der Waals surface area contributed by atoms with Crippen molar-refractivity contribution in [3.63, 3.8) is 0 Å². The highest BCUT2D eigenvalue weighted by molar-refractivity contribution is 5.98. The Bertz CT molecular complexity index is 1290. The van der Waals surface area contributed by atoms with Crippen molar-refractivity contribution in [2.45, 2.75) is 90.8 Å². The summed E-state index contributed by atoms with van der Waals surface area (Å²) >= 11 is 0. The molecule has 0 fully saturated rings. The summed E-state index contributed by atoms with van der Waals surface area (Å²) in [5.41, 5.74) is 1.86. The van der Waals surface area contributed by atoms with E-state index in [0.29, 0.717) is 12.2 Å². The van der Waals surface area contributed by atoms with Crippen molar-refractivity contribution in [2.75, 3.05) is 0 Å². The zero-order valence-corrected chi connectivity index (χ0v) is 26.7. The van der Waals surface area contributed by atoms with Crippen molar-refractivity contribution >= 4 is 18.0 Å². The molecule has 8 heteroatoms. The number of rotatable bonds is 16. The fraction of sp³-hybridized carbons (Fsp3) is 0.378. The molecule has 8 nitrogen and oxygen atoms in total. The van der Waals surface area contributed by atoms with Gasteiger partial charge in [0.2, 0.25) is 0 Å². The van der Waals surface area contributed by atoms with Crippen LogP contribution in [0.5, 0.6) is 5.75 Å². The Morgan fingerprint density at radius 1 is 0.756 bits per heavy atom. The van der Waals surface area contributed by atoms with Gasteiger partial charge in [-0.25, -0.2) is 14.4 Å². The molecule has 240 valence electrons. The van der Waals surface area contributed by atoms with Crippen LogP contribution in [0.2, 0.25) is 0 Å². The second-order valence-corrected chi connectivity index (χ2v) is 11.7. The van der Waals surface area contributed by atoms with Gasteiger partial charge in [-0.2, -0.15) is 0 Å². The maximum Gasteiger partial charge on any atom is 0.408 e. The fourth-order valence-corrected chi connectivity index (χ4v) is 4.29. The van der Waals surface area contributed by atoms with Gasteiger partial charge in [-0.1, -0.05) is 105 Å². The lowest BCUT2D eigenvalue weighted by molar-refractivity contribution is -0.168. The number of alkyl carbamates (subject to hydrolysis) is 1. The van der Waals surface area contributed by atoms with Crippen LogP contribution < -0.4 is 10.1 Å². The molecule has 3 aromatic carbocycles. The summed E-state index contributed by atoms with van der Waals surface area (Å²) in [4.78, 5) is 38.6. The third-order valence-electron chi connectivity index (χ3n) is 6.55. The number of benzene rings is 3. The highest BCUT2D eigenvalue weighted by Crippen LogP contribution is 2.18. The van der Waals surface area contributed by atoms with E-state index in [-0.39, 0.29) is 19.3 Å². The summed E-state index contributed by atoms with van der Waals surface area (Å²) < 4.78 is 22.1. The minimum atomic E-state index is -1.61. The largest absolute Gasteiger partial charge is 0.467 e. The Morgan fingerprint density at radius 2 is 1.31 bits per heavy atom. The molecule has 0 bridgehead atoms. The Hall–Kier alpha value is -4.59. The van der Waals surface area contributed by atoms with Crippen molar-refractivity contribution in [3.8, 4) is 5.75 Å². The van der Waals surface area contributed by atoms with Gasteiger partial charge in [0.1, 0.15) is 24.6 Å². The first-order valence-corrected chi connectivity index (χ1v) is 15.5. The van der Waals surface area contributed by atoms with Crippen molar-refractivity contribution in [1.82, 2.24) is 5.32 Å². The van der Waals surface area contributed by atoms with Crippen LogP contribution in [0.3, 0.4) is 0 Å². The summed E-state index contributed by atoms with van der Waals surface area (Å²) in [6, 6.07) is 25.1. The quantitative estimate of drug-likeness (QED) is 0.0586. The molecule has 0 aliphatic heterocycles. The number of hydrogen-bond acceptors (Lipinski definition) is 7. The number of nitrogens with one attached hydrogen (secondary N) is 1. The maximum absolute atomic E-state index is 13.0. The Balaban J connectivity index is 1.69. The number of allylic oxidation sites excluding steroid dienone is 1. The van der Waals surface area contributed by atoms with Crippen molar-refractivity contribution in [2.24, 2.45) is 0 Å². The van der Waals surface area contributed by atoms with E-state index in [1.54, 1.807) is 12.1 Å². The third kappa shape index (κ3) is 13.7. The van der Waals surface area contributed by atoms with Gasteiger partial charge in [0.15, 0.2) is 0 Å². The lowest BCUT2D eigenvalue weighted by Gasteiger charge is -2.22. The molecule has 0 aliphatic rings. The van der Waals surface area contributed by atoms with E-state index in [9.17, 15) is 14.4 Å². The molecule has 0 spiro atoms. The summed E-state index contributed by atoms with van der Waals surface area (Å²) in [6.45, 7) is 7.60. The van der Waals surface area contributed by atoms with E-state index >= 15 is 0 Å². The molecule has 0 radical (unpaired) electrons. The standard InChI is InChI=1S/C37H45NO7/c1-5-6-7-8-15-20-31(38-36(41)45-37(2,3)4)25-28-21-23-32(24-22-28)44-33(34(39)42-26-29-16-11-9-12-17-29)35(40)43-27-30-18-13-10-14-19-30/h9-24,31,33H,5-8,25-27H2,1-4H3,(H,38,41)/b20-15+. The molecule has 1 unspecified atom stereocenters. The number of amides is 1. The van der Waals surface area contributed by atoms with Crippen LogP contribution in [-0.2, 0) is 43.4 Å². The van der Waals surface area contributed by atoms with E-state index in [2.05, 4.69) is 18.3 Å². The molecule has 0 saturated carbocycles. The molecule has 0 aromatic heterocycles. The second kappa shape index (κ2) is 18.3. The predicted octanol–water partition coefficient (Wildman–Crippen LogP) is 7.49. The average Bonchev–Trinajstić information content (AvgIpc) is 3.02. The van der Waals surface area contributed by atoms with Crippen molar-refractivity contribution < 1.29 is 33.3 Å². The summed E-state index contributed by atoms with van der Waals surface area (Å²) in [7, 11) is 0. The molecule has 0 heterocycles. The molecule has 0 saturated heterocycles. The first kappa shape index (κ1) is 34.9. The van der Waals surface area contributed by atoms with E-state index in [1.807, 2.05) is 99.6 Å². The van der Waals surface area contributed by atoms with E-state index in [1.165, 1.54) is 0 Å². The van der Waals surface area contributed by atoms with E-state index in [4.69, 9.17) is 18.9 Å². The van der Waals surface area contributed by atoms with E-state index < -0.39 is 29.7 Å². The van der Waals surface area contributed by atoms with Crippen LogP contribution >= 0.6 is 0 Å². The predicted molar refractivity (Wildman–Crippen MR) is 173 cm³/mol. The number of hydrogen-bond donors (Lipinski definition) is 1. The minimum Gasteiger partial charge on any atom is -0.467 e. The lowest BCUT2D eigenvalue weighted by Crippen LogP contribution is -2.39. The molecule has 45 heavy (non-hydrogen) atoms. The maximum atomic E-state index is 13.0. The molecule has 1 atom stereocenters. The second-order valence-electron chi connectivity index (χ2n) is 11.7.